The Morgan fingerprint density at radius 1 is 1.17 bits per heavy atom. The number of amides is 1. The summed E-state index contributed by atoms with van der Waals surface area (Å²) in [6.45, 7) is 5.09. The lowest BCUT2D eigenvalue weighted by molar-refractivity contribution is -0.117. The molecule has 0 spiro atoms. The number of nitrogens with one attached hydrogen (secondary N) is 1. The van der Waals surface area contributed by atoms with Crippen molar-refractivity contribution in [2.24, 2.45) is 11.1 Å². The van der Waals surface area contributed by atoms with Gasteiger partial charge in [0.1, 0.15) is 0 Å². The Balaban J connectivity index is 1.68. The Hall–Kier alpha value is -2.17. The highest BCUT2D eigenvalue weighted by Gasteiger charge is 2.33. The van der Waals surface area contributed by atoms with Crippen LogP contribution in [0.1, 0.15) is 13.3 Å². The van der Waals surface area contributed by atoms with E-state index in [1.54, 1.807) is 0 Å². The number of likely N-dealkylation sites (tertiary alicyclic amines) is 1. The molecule has 4 nitrogen and oxygen atoms in total. The van der Waals surface area contributed by atoms with Crippen molar-refractivity contribution in [3.05, 3.63) is 54.6 Å². The first-order chi connectivity index (χ1) is 11.6. The van der Waals surface area contributed by atoms with Crippen LogP contribution in [0.5, 0.6) is 0 Å². The molecule has 0 radical (unpaired) electrons. The van der Waals surface area contributed by atoms with Crippen LogP contribution in [0.2, 0.25) is 0 Å². The van der Waals surface area contributed by atoms with Crippen molar-refractivity contribution in [1.82, 2.24) is 4.90 Å². The summed E-state index contributed by atoms with van der Waals surface area (Å²) in [4.78, 5) is 14.7. The number of hydrogen-bond donors (Lipinski definition) is 2. The number of hydrogen-bond acceptors (Lipinski definition) is 3. The van der Waals surface area contributed by atoms with Crippen molar-refractivity contribution in [2.45, 2.75) is 13.3 Å². The Bertz CT molecular complexity index is 701. The maximum atomic E-state index is 12.5. The molecule has 0 aliphatic carbocycles. The average Bonchev–Trinajstić information content (AvgIpc) is 2.97. The maximum Gasteiger partial charge on any atom is 0.238 e. The van der Waals surface area contributed by atoms with Crippen LogP contribution in [0.4, 0.5) is 5.69 Å². The molecule has 24 heavy (non-hydrogen) atoms. The molecule has 0 aromatic heterocycles. The van der Waals surface area contributed by atoms with Gasteiger partial charge in [-0.3, -0.25) is 9.69 Å². The topological polar surface area (TPSA) is 58.4 Å². The van der Waals surface area contributed by atoms with E-state index >= 15 is 0 Å². The minimum Gasteiger partial charge on any atom is -0.330 e. The SMILES string of the molecule is CC1(CN)CCN(CC(=O)Nc2ccccc2-c2ccccc2)C1. The number of carbonyl (C=O) groups excluding carboxylic acids is 1. The summed E-state index contributed by atoms with van der Waals surface area (Å²) in [6, 6.07) is 18.0. The number of nitrogens with two attached hydrogens (primary N) is 1. The summed E-state index contributed by atoms with van der Waals surface area (Å²) in [5.41, 5.74) is 8.98. The zero-order valence-corrected chi connectivity index (χ0v) is 14.2. The molecule has 126 valence electrons. The fourth-order valence-corrected chi connectivity index (χ4v) is 3.28. The van der Waals surface area contributed by atoms with Crippen molar-refractivity contribution in [3.8, 4) is 11.1 Å². The molecule has 1 aliphatic rings. The summed E-state index contributed by atoms with van der Waals surface area (Å²) in [7, 11) is 0. The van der Waals surface area contributed by atoms with Crippen LogP contribution >= 0.6 is 0 Å². The van der Waals surface area contributed by atoms with Gasteiger partial charge in [-0.05, 0) is 36.6 Å². The van der Waals surface area contributed by atoms with Gasteiger partial charge < -0.3 is 11.1 Å². The molecule has 0 saturated carbocycles. The number of anilines is 1. The molecule has 1 amide bonds. The molecule has 1 fully saturated rings. The number of nitrogens with zero attached hydrogens (tertiary/aromatic N) is 1. The smallest absolute Gasteiger partial charge is 0.238 e. The van der Waals surface area contributed by atoms with Crippen molar-refractivity contribution in [1.29, 1.82) is 0 Å². The summed E-state index contributed by atoms with van der Waals surface area (Å²) >= 11 is 0. The van der Waals surface area contributed by atoms with E-state index in [2.05, 4.69) is 29.3 Å². The van der Waals surface area contributed by atoms with Crippen LogP contribution in [0.25, 0.3) is 11.1 Å². The molecule has 3 N–H and O–H groups in total. The predicted octanol–water partition coefficient (Wildman–Crippen LogP) is 2.96. The minimum absolute atomic E-state index is 0.0275. The molecule has 4 heteroatoms. The van der Waals surface area contributed by atoms with Gasteiger partial charge in [0.2, 0.25) is 5.91 Å². The fraction of sp³-hybridized carbons (Fsp3) is 0.350. The molecule has 1 aliphatic heterocycles. The highest BCUT2D eigenvalue weighted by atomic mass is 16.2. The number of para-hydroxylation sites is 1. The maximum absolute atomic E-state index is 12.5. The highest BCUT2D eigenvalue weighted by molar-refractivity contribution is 5.96. The Kier molecular flexibility index (Phi) is 4.97. The van der Waals surface area contributed by atoms with Crippen LogP contribution in [0, 0.1) is 5.41 Å². The van der Waals surface area contributed by atoms with Crippen LogP contribution < -0.4 is 11.1 Å². The lowest BCUT2D eigenvalue weighted by Gasteiger charge is -2.22. The van der Waals surface area contributed by atoms with E-state index in [1.807, 2.05) is 42.5 Å². The number of carbonyl (C=O) groups is 1. The molecule has 1 unspecified atom stereocenters. The van der Waals surface area contributed by atoms with Crippen molar-refractivity contribution >= 4 is 11.6 Å². The molecule has 3 rings (SSSR count). The van der Waals surface area contributed by atoms with Crippen molar-refractivity contribution < 1.29 is 4.79 Å². The molecule has 1 saturated heterocycles. The predicted molar refractivity (Wildman–Crippen MR) is 98.7 cm³/mol. The molecule has 1 atom stereocenters. The van der Waals surface area contributed by atoms with Gasteiger partial charge in [-0.25, -0.2) is 0 Å². The molecule has 0 bridgehead atoms. The van der Waals surface area contributed by atoms with Crippen LogP contribution in [0.15, 0.2) is 54.6 Å². The lowest BCUT2D eigenvalue weighted by atomic mass is 9.90. The molecular weight excluding hydrogens is 298 g/mol. The first kappa shape index (κ1) is 16.7. The monoisotopic (exact) mass is 323 g/mol. The normalized spacial score (nSPS) is 20.9. The van der Waals surface area contributed by atoms with Crippen LogP contribution in [-0.2, 0) is 4.79 Å². The van der Waals surface area contributed by atoms with Gasteiger partial charge in [0.05, 0.1) is 6.54 Å². The molecule has 2 aromatic carbocycles. The summed E-state index contributed by atoms with van der Waals surface area (Å²) in [5.74, 6) is 0.0275. The largest absolute Gasteiger partial charge is 0.330 e. The van der Waals surface area contributed by atoms with Gasteiger partial charge >= 0.3 is 0 Å². The van der Waals surface area contributed by atoms with E-state index < -0.39 is 0 Å². The first-order valence-electron chi connectivity index (χ1n) is 8.46. The van der Waals surface area contributed by atoms with Gasteiger partial charge in [-0.2, -0.15) is 0 Å². The van der Waals surface area contributed by atoms with Crippen LogP contribution in [-0.4, -0.2) is 37.0 Å². The van der Waals surface area contributed by atoms with Gasteiger partial charge in [-0.1, -0.05) is 55.5 Å². The van der Waals surface area contributed by atoms with Crippen molar-refractivity contribution in [2.75, 3.05) is 31.5 Å². The second-order valence-corrected chi connectivity index (χ2v) is 6.94. The summed E-state index contributed by atoms with van der Waals surface area (Å²) in [6.07, 6.45) is 1.05. The second-order valence-electron chi connectivity index (χ2n) is 6.94. The van der Waals surface area contributed by atoms with E-state index in [4.69, 9.17) is 5.73 Å². The zero-order valence-electron chi connectivity index (χ0n) is 14.2. The number of benzene rings is 2. The Labute approximate surface area is 143 Å². The second kappa shape index (κ2) is 7.16. The van der Waals surface area contributed by atoms with Gasteiger partial charge in [-0.15, -0.1) is 0 Å². The van der Waals surface area contributed by atoms with Crippen molar-refractivity contribution in [3.63, 3.8) is 0 Å². The van der Waals surface area contributed by atoms with E-state index in [9.17, 15) is 4.79 Å². The molecule has 1 heterocycles. The van der Waals surface area contributed by atoms with Gasteiger partial charge in [0, 0.05) is 17.8 Å². The van der Waals surface area contributed by atoms with Gasteiger partial charge in [0.25, 0.3) is 0 Å². The van der Waals surface area contributed by atoms with Crippen LogP contribution in [0.3, 0.4) is 0 Å². The van der Waals surface area contributed by atoms with E-state index in [0.29, 0.717) is 13.1 Å². The number of rotatable bonds is 5. The van der Waals surface area contributed by atoms with E-state index in [-0.39, 0.29) is 11.3 Å². The third kappa shape index (κ3) is 3.83. The highest BCUT2D eigenvalue weighted by Crippen LogP contribution is 2.29. The first-order valence-corrected chi connectivity index (χ1v) is 8.46. The quantitative estimate of drug-likeness (QED) is 0.889. The lowest BCUT2D eigenvalue weighted by Crippen LogP contribution is -2.35. The fourth-order valence-electron chi connectivity index (χ4n) is 3.28. The third-order valence-corrected chi connectivity index (χ3v) is 4.78. The molecule has 2 aromatic rings. The minimum atomic E-state index is 0.0275. The standard InChI is InChI=1S/C20H25N3O/c1-20(14-21)11-12-23(15-20)13-19(24)22-18-10-6-5-9-17(18)16-7-3-2-4-8-16/h2-10H,11-15,21H2,1H3,(H,22,24). The summed E-state index contributed by atoms with van der Waals surface area (Å²) < 4.78 is 0. The average molecular weight is 323 g/mol. The van der Waals surface area contributed by atoms with Gasteiger partial charge in [0.15, 0.2) is 0 Å². The van der Waals surface area contributed by atoms with E-state index in [0.717, 1.165) is 36.3 Å². The molecular formula is C20H25N3O. The summed E-state index contributed by atoms with van der Waals surface area (Å²) in [5, 5.41) is 3.07. The third-order valence-electron chi connectivity index (χ3n) is 4.78. The Morgan fingerprint density at radius 2 is 1.88 bits per heavy atom. The Morgan fingerprint density at radius 3 is 2.58 bits per heavy atom. The zero-order chi connectivity index (χ0) is 17.0. The van der Waals surface area contributed by atoms with E-state index in [1.165, 1.54) is 0 Å².